The molecule has 2 amide bonds. The molecule has 3 aromatic rings. The lowest BCUT2D eigenvalue weighted by Crippen LogP contribution is -2.20. The molecule has 0 atom stereocenters. The van der Waals surface area contributed by atoms with Gasteiger partial charge in [-0.1, -0.05) is 0 Å². The number of aromatic amines is 1. The summed E-state index contributed by atoms with van der Waals surface area (Å²) in [6.45, 7) is 0. The standard InChI is InChI=1S/C14H9F3N4O/c15-8-2-4-10(13(17)12(8)16)21-14(22)20-7-1-3-9-11(5-7)19-6-18-9/h1-6H,(H,18,19)(H2,20,21,22). The fourth-order valence-electron chi connectivity index (χ4n) is 1.92. The van der Waals surface area contributed by atoms with Crippen LogP contribution in [-0.2, 0) is 0 Å². The maximum atomic E-state index is 13.5. The van der Waals surface area contributed by atoms with E-state index < -0.39 is 29.2 Å². The molecule has 3 rings (SSSR count). The van der Waals surface area contributed by atoms with Crippen molar-refractivity contribution in [2.75, 3.05) is 10.6 Å². The third-order valence-electron chi connectivity index (χ3n) is 2.96. The molecule has 0 radical (unpaired) electrons. The van der Waals surface area contributed by atoms with E-state index in [1.165, 1.54) is 6.33 Å². The number of halogens is 3. The maximum absolute atomic E-state index is 13.5. The van der Waals surface area contributed by atoms with E-state index in [0.717, 1.165) is 17.6 Å². The largest absolute Gasteiger partial charge is 0.345 e. The Kier molecular flexibility index (Phi) is 3.42. The predicted octanol–water partition coefficient (Wildman–Crippen LogP) is 3.62. The second-order valence-electron chi connectivity index (χ2n) is 4.44. The second kappa shape index (κ2) is 5.40. The first kappa shape index (κ1) is 13.9. The first-order chi connectivity index (χ1) is 10.5. The van der Waals surface area contributed by atoms with Gasteiger partial charge in [-0.05, 0) is 30.3 Å². The molecule has 22 heavy (non-hydrogen) atoms. The third-order valence-corrected chi connectivity index (χ3v) is 2.96. The molecule has 1 heterocycles. The summed E-state index contributed by atoms with van der Waals surface area (Å²) in [6.07, 6.45) is 1.51. The zero-order valence-corrected chi connectivity index (χ0v) is 11.0. The predicted molar refractivity (Wildman–Crippen MR) is 75.1 cm³/mol. The zero-order valence-electron chi connectivity index (χ0n) is 11.0. The van der Waals surface area contributed by atoms with Crippen molar-refractivity contribution in [1.82, 2.24) is 9.97 Å². The van der Waals surface area contributed by atoms with Crippen LogP contribution in [0.5, 0.6) is 0 Å². The van der Waals surface area contributed by atoms with Crippen molar-refractivity contribution in [2.45, 2.75) is 0 Å². The number of carbonyl (C=O) groups is 1. The van der Waals surface area contributed by atoms with Gasteiger partial charge in [-0.3, -0.25) is 0 Å². The highest BCUT2D eigenvalue weighted by molar-refractivity contribution is 6.00. The highest BCUT2D eigenvalue weighted by atomic mass is 19.2. The molecule has 8 heteroatoms. The van der Waals surface area contributed by atoms with Gasteiger partial charge in [0.05, 0.1) is 23.0 Å². The molecular formula is C14H9F3N4O. The summed E-state index contributed by atoms with van der Waals surface area (Å²) in [5.41, 5.74) is 1.39. The Morgan fingerprint density at radius 3 is 2.68 bits per heavy atom. The highest BCUT2D eigenvalue weighted by Gasteiger charge is 2.15. The van der Waals surface area contributed by atoms with Gasteiger partial charge in [0, 0.05) is 5.69 Å². The number of imidazole rings is 1. The number of hydrogen-bond acceptors (Lipinski definition) is 2. The minimum absolute atomic E-state index is 0.428. The number of nitrogens with one attached hydrogen (secondary N) is 3. The Hall–Kier alpha value is -3.03. The average Bonchev–Trinajstić information content (AvgIpc) is 2.95. The van der Waals surface area contributed by atoms with Crippen molar-refractivity contribution in [1.29, 1.82) is 0 Å². The molecule has 0 aliphatic heterocycles. The number of rotatable bonds is 2. The summed E-state index contributed by atoms with van der Waals surface area (Å²) in [5, 5.41) is 4.56. The molecule has 1 aromatic heterocycles. The smallest absolute Gasteiger partial charge is 0.323 e. The molecule has 0 bridgehead atoms. The van der Waals surface area contributed by atoms with Gasteiger partial charge in [-0.15, -0.1) is 0 Å². The molecule has 0 unspecified atom stereocenters. The molecule has 2 aromatic carbocycles. The molecule has 0 aliphatic carbocycles. The zero-order chi connectivity index (χ0) is 15.7. The van der Waals surface area contributed by atoms with Crippen LogP contribution in [0.3, 0.4) is 0 Å². The van der Waals surface area contributed by atoms with Gasteiger partial charge in [0.1, 0.15) is 0 Å². The molecule has 0 saturated heterocycles. The third kappa shape index (κ3) is 2.58. The van der Waals surface area contributed by atoms with Crippen molar-refractivity contribution < 1.29 is 18.0 Å². The summed E-state index contributed by atoms with van der Waals surface area (Å²) in [6, 6.07) is 5.78. The lowest BCUT2D eigenvalue weighted by atomic mass is 10.2. The van der Waals surface area contributed by atoms with E-state index in [1.807, 2.05) is 0 Å². The lowest BCUT2D eigenvalue weighted by Gasteiger charge is -2.09. The minimum Gasteiger partial charge on any atom is -0.345 e. The molecular weight excluding hydrogens is 297 g/mol. The van der Waals surface area contributed by atoms with E-state index in [1.54, 1.807) is 18.2 Å². The van der Waals surface area contributed by atoms with E-state index in [-0.39, 0.29) is 0 Å². The normalized spacial score (nSPS) is 10.7. The van der Waals surface area contributed by atoms with Crippen LogP contribution in [0.4, 0.5) is 29.3 Å². The molecule has 5 nitrogen and oxygen atoms in total. The van der Waals surface area contributed by atoms with E-state index in [4.69, 9.17) is 0 Å². The number of nitrogens with zero attached hydrogens (tertiary/aromatic N) is 1. The number of benzene rings is 2. The molecule has 0 fully saturated rings. The first-order valence-corrected chi connectivity index (χ1v) is 6.19. The van der Waals surface area contributed by atoms with Crippen molar-refractivity contribution >= 4 is 28.4 Å². The second-order valence-corrected chi connectivity index (χ2v) is 4.44. The summed E-state index contributed by atoms with van der Waals surface area (Å²) >= 11 is 0. The molecule has 112 valence electrons. The lowest BCUT2D eigenvalue weighted by molar-refractivity contribution is 0.262. The number of amides is 2. The van der Waals surface area contributed by atoms with Gasteiger partial charge in [-0.25, -0.2) is 22.9 Å². The van der Waals surface area contributed by atoms with Gasteiger partial charge in [0.15, 0.2) is 17.5 Å². The van der Waals surface area contributed by atoms with E-state index in [9.17, 15) is 18.0 Å². The van der Waals surface area contributed by atoms with Crippen LogP contribution < -0.4 is 10.6 Å². The number of fused-ring (bicyclic) bond motifs is 1. The van der Waals surface area contributed by atoms with Crippen molar-refractivity contribution in [2.24, 2.45) is 0 Å². The van der Waals surface area contributed by atoms with Crippen LogP contribution in [0.2, 0.25) is 0 Å². The number of carbonyl (C=O) groups excluding carboxylic acids is 1. The van der Waals surface area contributed by atoms with Crippen LogP contribution in [-0.4, -0.2) is 16.0 Å². The summed E-state index contributed by atoms with van der Waals surface area (Å²) in [7, 11) is 0. The SMILES string of the molecule is O=C(Nc1ccc2nc[nH]c2c1)Nc1ccc(F)c(F)c1F. The Balaban J connectivity index is 1.76. The van der Waals surface area contributed by atoms with Gasteiger partial charge >= 0.3 is 6.03 Å². The van der Waals surface area contributed by atoms with Crippen LogP contribution in [0.1, 0.15) is 0 Å². The van der Waals surface area contributed by atoms with E-state index in [2.05, 4.69) is 20.6 Å². The quantitative estimate of drug-likeness (QED) is 0.633. The number of aromatic nitrogens is 2. The number of anilines is 2. The maximum Gasteiger partial charge on any atom is 0.323 e. The van der Waals surface area contributed by atoms with Crippen molar-refractivity contribution in [3.05, 3.63) is 54.1 Å². The number of H-pyrrole nitrogens is 1. The Morgan fingerprint density at radius 1 is 1.05 bits per heavy atom. The summed E-state index contributed by atoms with van der Waals surface area (Å²) in [4.78, 5) is 18.7. The van der Waals surface area contributed by atoms with E-state index >= 15 is 0 Å². The Morgan fingerprint density at radius 2 is 1.86 bits per heavy atom. The highest BCUT2D eigenvalue weighted by Crippen LogP contribution is 2.20. The van der Waals surface area contributed by atoms with Crippen LogP contribution in [0, 0.1) is 17.5 Å². The van der Waals surface area contributed by atoms with Gasteiger partial charge in [0.25, 0.3) is 0 Å². The van der Waals surface area contributed by atoms with Crippen molar-refractivity contribution in [3.63, 3.8) is 0 Å². The topological polar surface area (TPSA) is 69.8 Å². The Bertz CT molecular complexity index is 862. The fraction of sp³-hybridized carbons (Fsp3) is 0. The Labute approximate surface area is 122 Å². The molecule has 0 saturated carbocycles. The number of urea groups is 1. The van der Waals surface area contributed by atoms with Gasteiger partial charge < -0.3 is 15.6 Å². The summed E-state index contributed by atoms with van der Waals surface area (Å²) < 4.78 is 39.3. The van der Waals surface area contributed by atoms with Gasteiger partial charge in [-0.2, -0.15) is 0 Å². The van der Waals surface area contributed by atoms with Crippen LogP contribution >= 0.6 is 0 Å². The molecule has 0 spiro atoms. The number of hydrogen-bond donors (Lipinski definition) is 3. The first-order valence-electron chi connectivity index (χ1n) is 6.19. The minimum atomic E-state index is -1.64. The average molecular weight is 306 g/mol. The van der Waals surface area contributed by atoms with Crippen molar-refractivity contribution in [3.8, 4) is 0 Å². The van der Waals surface area contributed by atoms with Gasteiger partial charge in [0.2, 0.25) is 0 Å². The fourth-order valence-corrected chi connectivity index (χ4v) is 1.92. The molecule has 0 aliphatic rings. The van der Waals surface area contributed by atoms with Crippen LogP contribution in [0.25, 0.3) is 11.0 Å². The summed E-state index contributed by atoms with van der Waals surface area (Å²) in [5.74, 6) is -4.43. The van der Waals surface area contributed by atoms with Crippen LogP contribution in [0.15, 0.2) is 36.7 Å². The monoisotopic (exact) mass is 306 g/mol. The molecule has 3 N–H and O–H groups in total. The van der Waals surface area contributed by atoms with E-state index in [0.29, 0.717) is 11.2 Å².